The van der Waals surface area contributed by atoms with Crippen molar-refractivity contribution in [1.29, 1.82) is 0 Å². The van der Waals surface area contributed by atoms with Crippen molar-refractivity contribution in [2.24, 2.45) is 5.92 Å². The van der Waals surface area contributed by atoms with Crippen molar-refractivity contribution in [1.82, 2.24) is 4.90 Å². The second-order valence-electron chi connectivity index (χ2n) is 3.82. The van der Waals surface area contributed by atoms with Crippen LogP contribution < -0.4 is 0 Å². The summed E-state index contributed by atoms with van der Waals surface area (Å²) in [4.78, 5) is 2.32. The molecule has 0 saturated carbocycles. The van der Waals surface area contributed by atoms with E-state index < -0.39 is 0 Å². The number of rotatable bonds is 8. The van der Waals surface area contributed by atoms with Crippen molar-refractivity contribution in [3.05, 3.63) is 0 Å². The van der Waals surface area contributed by atoms with Crippen molar-refractivity contribution in [3.8, 4) is 0 Å². The molecular weight excluding hydrogens is 182 g/mol. The van der Waals surface area contributed by atoms with Gasteiger partial charge in [-0.2, -0.15) is 12.6 Å². The van der Waals surface area contributed by atoms with Crippen LogP contribution in [0.5, 0.6) is 0 Å². The zero-order valence-corrected chi connectivity index (χ0v) is 10.0. The number of hydrogen-bond acceptors (Lipinski definition) is 3. The zero-order valence-electron chi connectivity index (χ0n) is 9.12. The molecule has 2 nitrogen and oxygen atoms in total. The van der Waals surface area contributed by atoms with E-state index >= 15 is 0 Å². The van der Waals surface area contributed by atoms with Gasteiger partial charge in [-0.1, -0.05) is 13.8 Å². The summed E-state index contributed by atoms with van der Waals surface area (Å²) in [6.45, 7) is 8.30. The third-order valence-corrected chi connectivity index (χ3v) is 2.12. The summed E-state index contributed by atoms with van der Waals surface area (Å²) in [6, 6.07) is 0. The topological polar surface area (TPSA) is 12.5 Å². The summed E-state index contributed by atoms with van der Waals surface area (Å²) < 4.78 is 5.34. The molecule has 0 aliphatic rings. The van der Waals surface area contributed by atoms with Crippen molar-refractivity contribution in [2.75, 3.05) is 39.1 Å². The van der Waals surface area contributed by atoms with Crippen molar-refractivity contribution in [2.45, 2.75) is 20.3 Å². The fraction of sp³-hybridized carbons (Fsp3) is 1.00. The third-order valence-electron chi connectivity index (χ3n) is 1.94. The lowest BCUT2D eigenvalue weighted by molar-refractivity contribution is 0.123. The first-order valence-electron chi connectivity index (χ1n) is 5.04. The van der Waals surface area contributed by atoms with Gasteiger partial charge in [0.05, 0.1) is 13.2 Å². The lowest BCUT2D eigenvalue weighted by Crippen LogP contribution is -2.25. The van der Waals surface area contributed by atoms with E-state index in [1.54, 1.807) is 0 Å². The van der Waals surface area contributed by atoms with E-state index in [4.69, 9.17) is 4.74 Å². The maximum absolute atomic E-state index is 5.34. The summed E-state index contributed by atoms with van der Waals surface area (Å²) in [6.07, 6.45) is 1.27. The van der Waals surface area contributed by atoms with E-state index in [2.05, 4.69) is 38.4 Å². The van der Waals surface area contributed by atoms with Gasteiger partial charge in [0.15, 0.2) is 0 Å². The average Bonchev–Trinajstić information content (AvgIpc) is 2.09. The molecule has 0 amide bonds. The largest absolute Gasteiger partial charge is 0.379 e. The lowest BCUT2D eigenvalue weighted by Gasteiger charge is -2.17. The minimum Gasteiger partial charge on any atom is -0.379 e. The molecule has 0 aromatic rings. The number of hydrogen-bond donors (Lipinski definition) is 1. The van der Waals surface area contributed by atoms with Crippen molar-refractivity contribution < 1.29 is 4.74 Å². The summed E-state index contributed by atoms with van der Waals surface area (Å²) in [5.41, 5.74) is 0. The van der Waals surface area contributed by atoms with Crippen LogP contribution in [0.2, 0.25) is 0 Å². The Balaban J connectivity index is 3.15. The maximum atomic E-state index is 5.34. The molecule has 0 aromatic heterocycles. The van der Waals surface area contributed by atoms with E-state index in [1.807, 2.05) is 0 Å². The van der Waals surface area contributed by atoms with Crippen LogP contribution in [0.15, 0.2) is 0 Å². The van der Waals surface area contributed by atoms with Gasteiger partial charge in [-0.3, -0.25) is 0 Å². The summed E-state index contributed by atoms with van der Waals surface area (Å²) >= 11 is 4.07. The Bertz CT molecular complexity index is 109. The Labute approximate surface area is 88.1 Å². The predicted octanol–water partition coefficient (Wildman–Crippen LogP) is 1.91. The van der Waals surface area contributed by atoms with Crippen LogP contribution in [0.3, 0.4) is 0 Å². The number of likely N-dealkylation sites (N-methyl/N-ethyl adjacent to an activating group) is 1. The molecule has 80 valence electrons. The van der Waals surface area contributed by atoms with Crippen LogP contribution in [0.25, 0.3) is 0 Å². The van der Waals surface area contributed by atoms with Gasteiger partial charge >= 0.3 is 0 Å². The molecule has 0 saturated heterocycles. The highest BCUT2D eigenvalue weighted by Crippen LogP contribution is 1.99. The first-order chi connectivity index (χ1) is 6.16. The van der Waals surface area contributed by atoms with Crippen LogP contribution in [-0.2, 0) is 4.74 Å². The fourth-order valence-corrected chi connectivity index (χ4v) is 1.11. The standard InChI is InChI=1S/C10H23NOS/c1-10(2)4-5-11(3)6-7-12-8-9-13/h10,13H,4-9H2,1-3H3. The molecule has 0 atom stereocenters. The SMILES string of the molecule is CC(C)CCN(C)CCOCCS. The van der Waals surface area contributed by atoms with Gasteiger partial charge in [0.25, 0.3) is 0 Å². The van der Waals surface area contributed by atoms with E-state index in [9.17, 15) is 0 Å². The summed E-state index contributed by atoms with van der Waals surface area (Å²) in [7, 11) is 2.15. The molecule has 0 unspecified atom stereocenters. The zero-order chi connectivity index (χ0) is 10.1. The molecule has 0 aromatic carbocycles. The van der Waals surface area contributed by atoms with Crippen molar-refractivity contribution >= 4 is 12.6 Å². The van der Waals surface area contributed by atoms with E-state index in [1.165, 1.54) is 13.0 Å². The highest BCUT2D eigenvalue weighted by atomic mass is 32.1. The number of ether oxygens (including phenoxy) is 1. The molecule has 0 aliphatic heterocycles. The molecule has 0 N–H and O–H groups in total. The van der Waals surface area contributed by atoms with Gasteiger partial charge in [-0.25, -0.2) is 0 Å². The second kappa shape index (κ2) is 8.85. The fourth-order valence-electron chi connectivity index (χ4n) is 0.977. The minimum absolute atomic E-state index is 0.765. The first-order valence-corrected chi connectivity index (χ1v) is 5.67. The quantitative estimate of drug-likeness (QED) is 0.480. The minimum atomic E-state index is 0.765. The van der Waals surface area contributed by atoms with E-state index in [0.29, 0.717) is 0 Å². The Hall–Kier alpha value is 0.270. The highest BCUT2D eigenvalue weighted by Gasteiger charge is 1.99. The van der Waals surface area contributed by atoms with Gasteiger partial charge in [-0.15, -0.1) is 0 Å². The highest BCUT2D eigenvalue weighted by molar-refractivity contribution is 7.80. The Morgan fingerprint density at radius 2 is 1.92 bits per heavy atom. The molecule has 0 rings (SSSR count). The molecule has 0 bridgehead atoms. The van der Waals surface area contributed by atoms with Gasteiger partial charge in [0, 0.05) is 12.3 Å². The molecule has 0 heterocycles. The summed E-state index contributed by atoms with van der Waals surface area (Å²) in [5, 5.41) is 0. The molecule has 0 spiro atoms. The molecule has 3 heteroatoms. The van der Waals surface area contributed by atoms with Crippen LogP contribution in [-0.4, -0.2) is 44.0 Å². The van der Waals surface area contributed by atoms with Crippen molar-refractivity contribution in [3.63, 3.8) is 0 Å². The third kappa shape index (κ3) is 10.2. The van der Waals surface area contributed by atoms with Crippen LogP contribution in [0.4, 0.5) is 0 Å². The normalized spacial score (nSPS) is 11.5. The second-order valence-corrected chi connectivity index (χ2v) is 4.27. The van der Waals surface area contributed by atoms with Crippen LogP contribution in [0, 0.1) is 5.92 Å². The Morgan fingerprint density at radius 1 is 1.23 bits per heavy atom. The molecule has 0 fully saturated rings. The van der Waals surface area contributed by atoms with Crippen LogP contribution in [0.1, 0.15) is 20.3 Å². The molecule has 0 aliphatic carbocycles. The monoisotopic (exact) mass is 205 g/mol. The Kier molecular flexibility index (Phi) is 9.03. The molecular formula is C10H23NOS. The van der Waals surface area contributed by atoms with E-state index in [0.717, 1.165) is 31.4 Å². The molecule has 13 heavy (non-hydrogen) atoms. The summed E-state index contributed by atoms with van der Waals surface area (Å²) in [5.74, 6) is 1.61. The van der Waals surface area contributed by atoms with Gasteiger partial charge in [-0.05, 0) is 25.9 Å². The predicted molar refractivity (Wildman–Crippen MR) is 61.6 cm³/mol. The maximum Gasteiger partial charge on any atom is 0.0593 e. The smallest absolute Gasteiger partial charge is 0.0593 e. The van der Waals surface area contributed by atoms with Gasteiger partial charge in [0.2, 0.25) is 0 Å². The Morgan fingerprint density at radius 3 is 2.46 bits per heavy atom. The number of nitrogens with zero attached hydrogens (tertiary/aromatic N) is 1. The molecule has 0 radical (unpaired) electrons. The van der Waals surface area contributed by atoms with Gasteiger partial charge in [0.1, 0.15) is 0 Å². The number of thiol groups is 1. The first kappa shape index (κ1) is 13.3. The lowest BCUT2D eigenvalue weighted by atomic mass is 10.1. The van der Waals surface area contributed by atoms with Crippen LogP contribution >= 0.6 is 12.6 Å². The van der Waals surface area contributed by atoms with Gasteiger partial charge < -0.3 is 9.64 Å². The van der Waals surface area contributed by atoms with E-state index in [-0.39, 0.29) is 0 Å². The average molecular weight is 205 g/mol.